The molecule has 0 aromatic rings. The van der Waals surface area contributed by atoms with Crippen LogP contribution in [0.2, 0.25) is 0 Å². The Hall–Kier alpha value is -1.14. The van der Waals surface area contributed by atoms with Crippen LogP contribution in [0.5, 0.6) is 0 Å². The number of amides is 1. The van der Waals surface area contributed by atoms with Gasteiger partial charge in [-0.3, -0.25) is 4.79 Å². The topological polar surface area (TPSA) is 84.9 Å². The summed E-state index contributed by atoms with van der Waals surface area (Å²) in [7, 11) is 1.49. The molecule has 0 aromatic heterocycles. The molecule has 1 aliphatic heterocycles. The molecule has 0 saturated carbocycles. The highest BCUT2D eigenvalue weighted by Crippen LogP contribution is 2.19. The highest BCUT2D eigenvalue weighted by molar-refractivity contribution is 5.86. The molecule has 1 saturated heterocycles. The maximum atomic E-state index is 11.7. The molecular weight excluding hydrogens is 226 g/mol. The Balaban J connectivity index is 2.43. The number of aliphatic carboxylic acids is 1. The molecule has 1 fully saturated rings. The predicted molar refractivity (Wildman–Crippen MR) is 59.6 cm³/mol. The zero-order valence-electron chi connectivity index (χ0n) is 10.1. The molecule has 0 bridgehead atoms. The van der Waals surface area contributed by atoms with Crippen LogP contribution in [0.3, 0.4) is 0 Å². The summed E-state index contributed by atoms with van der Waals surface area (Å²) < 4.78 is 10.2. The molecule has 0 aromatic carbocycles. The van der Waals surface area contributed by atoms with Gasteiger partial charge < -0.3 is 19.9 Å². The summed E-state index contributed by atoms with van der Waals surface area (Å²) in [6.45, 7) is 2.19. The van der Waals surface area contributed by atoms with Crippen molar-refractivity contribution in [2.24, 2.45) is 0 Å². The lowest BCUT2D eigenvalue weighted by Gasteiger charge is -2.17. The monoisotopic (exact) mass is 245 g/mol. The molecule has 0 aliphatic carbocycles. The number of carboxylic acid groups (broad SMARTS) is 1. The van der Waals surface area contributed by atoms with Gasteiger partial charge in [0.25, 0.3) is 0 Å². The molecule has 3 unspecified atom stereocenters. The van der Waals surface area contributed by atoms with E-state index in [0.29, 0.717) is 13.0 Å². The molecule has 0 radical (unpaired) electrons. The van der Waals surface area contributed by atoms with Gasteiger partial charge in [-0.2, -0.15) is 0 Å². The maximum absolute atomic E-state index is 11.7. The van der Waals surface area contributed by atoms with Gasteiger partial charge in [-0.25, -0.2) is 4.79 Å². The minimum Gasteiger partial charge on any atom is -0.480 e. The van der Waals surface area contributed by atoms with Gasteiger partial charge in [-0.15, -0.1) is 0 Å². The van der Waals surface area contributed by atoms with Crippen LogP contribution in [0.1, 0.15) is 26.2 Å². The van der Waals surface area contributed by atoms with Crippen molar-refractivity contribution in [1.29, 1.82) is 0 Å². The third kappa shape index (κ3) is 4.32. The second-order valence-corrected chi connectivity index (χ2v) is 4.19. The van der Waals surface area contributed by atoms with Gasteiger partial charge in [-0.1, -0.05) is 0 Å². The third-order valence-corrected chi connectivity index (χ3v) is 2.75. The minimum absolute atomic E-state index is 0.0630. The fourth-order valence-electron chi connectivity index (χ4n) is 1.75. The predicted octanol–water partition coefficient (Wildman–Crippen LogP) is 0.160. The number of hydrogen-bond donors (Lipinski definition) is 2. The maximum Gasteiger partial charge on any atom is 0.326 e. The lowest BCUT2D eigenvalue weighted by Crippen LogP contribution is -2.46. The van der Waals surface area contributed by atoms with Gasteiger partial charge in [0.05, 0.1) is 6.10 Å². The van der Waals surface area contributed by atoms with Crippen molar-refractivity contribution in [2.45, 2.75) is 44.4 Å². The number of hydrogen-bond acceptors (Lipinski definition) is 4. The Bertz CT molecular complexity index is 281. The number of carbonyl (C=O) groups excluding carboxylic acids is 1. The fraction of sp³-hybridized carbons (Fsp3) is 0.818. The summed E-state index contributed by atoms with van der Waals surface area (Å²) in [6.07, 6.45) is 1.26. The fourth-order valence-corrected chi connectivity index (χ4v) is 1.75. The van der Waals surface area contributed by atoms with Gasteiger partial charge in [0.15, 0.2) is 0 Å². The highest BCUT2D eigenvalue weighted by atomic mass is 16.5. The molecule has 0 spiro atoms. The first-order valence-corrected chi connectivity index (χ1v) is 5.72. The first kappa shape index (κ1) is 13.9. The SMILES string of the molecule is COCCC(NC(=O)C1CCC(C)O1)C(=O)O. The van der Waals surface area contributed by atoms with Crippen molar-refractivity contribution in [3.05, 3.63) is 0 Å². The Morgan fingerprint density at radius 1 is 1.53 bits per heavy atom. The number of carboxylic acids is 1. The summed E-state index contributed by atoms with van der Waals surface area (Å²) in [5.74, 6) is -1.40. The van der Waals surface area contributed by atoms with Crippen molar-refractivity contribution in [3.8, 4) is 0 Å². The number of nitrogens with one attached hydrogen (secondary N) is 1. The van der Waals surface area contributed by atoms with Crippen LogP contribution < -0.4 is 5.32 Å². The third-order valence-electron chi connectivity index (χ3n) is 2.75. The van der Waals surface area contributed by atoms with E-state index in [0.717, 1.165) is 6.42 Å². The van der Waals surface area contributed by atoms with Crippen LogP contribution in [-0.4, -0.2) is 48.9 Å². The van der Waals surface area contributed by atoms with Crippen LogP contribution in [0, 0.1) is 0 Å². The second-order valence-electron chi connectivity index (χ2n) is 4.19. The number of methoxy groups -OCH3 is 1. The Labute approximate surface area is 100 Å². The molecule has 17 heavy (non-hydrogen) atoms. The molecule has 2 N–H and O–H groups in total. The van der Waals surface area contributed by atoms with Crippen molar-refractivity contribution in [2.75, 3.05) is 13.7 Å². The van der Waals surface area contributed by atoms with Crippen molar-refractivity contribution < 1.29 is 24.2 Å². The quantitative estimate of drug-likeness (QED) is 0.696. The van der Waals surface area contributed by atoms with E-state index < -0.39 is 18.1 Å². The van der Waals surface area contributed by atoms with Gasteiger partial charge in [0.2, 0.25) is 5.91 Å². The van der Waals surface area contributed by atoms with E-state index in [9.17, 15) is 9.59 Å². The van der Waals surface area contributed by atoms with Crippen molar-refractivity contribution >= 4 is 11.9 Å². The molecule has 3 atom stereocenters. The number of rotatable bonds is 6. The summed E-state index contributed by atoms with van der Waals surface area (Å²) in [5, 5.41) is 11.4. The van der Waals surface area contributed by atoms with Crippen LogP contribution in [-0.2, 0) is 19.1 Å². The molecule has 98 valence electrons. The van der Waals surface area contributed by atoms with E-state index in [1.807, 2.05) is 6.92 Å². The molecule has 1 heterocycles. The van der Waals surface area contributed by atoms with E-state index >= 15 is 0 Å². The standard InChI is InChI=1S/C11H19NO5/c1-7-3-4-9(17-7)10(13)12-8(11(14)15)5-6-16-2/h7-9H,3-6H2,1-2H3,(H,12,13)(H,14,15). The van der Waals surface area contributed by atoms with E-state index in [4.69, 9.17) is 14.6 Å². The largest absolute Gasteiger partial charge is 0.480 e. The first-order chi connectivity index (χ1) is 8.04. The van der Waals surface area contributed by atoms with Crippen LogP contribution in [0.25, 0.3) is 0 Å². The van der Waals surface area contributed by atoms with Crippen LogP contribution in [0.4, 0.5) is 0 Å². The molecule has 6 heteroatoms. The highest BCUT2D eigenvalue weighted by Gasteiger charge is 2.30. The van der Waals surface area contributed by atoms with E-state index in [2.05, 4.69) is 5.32 Å². The average Bonchev–Trinajstić information content (AvgIpc) is 2.70. The van der Waals surface area contributed by atoms with E-state index in [-0.39, 0.29) is 18.4 Å². The van der Waals surface area contributed by atoms with Crippen LogP contribution in [0.15, 0.2) is 0 Å². The Morgan fingerprint density at radius 2 is 2.24 bits per heavy atom. The first-order valence-electron chi connectivity index (χ1n) is 5.72. The zero-order valence-corrected chi connectivity index (χ0v) is 10.1. The minimum atomic E-state index is -1.05. The lowest BCUT2D eigenvalue weighted by atomic mass is 10.1. The van der Waals surface area contributed by atoms with E-state index in [1.165, 1.54) is 7.11 Å². The normalized spacial score (nSPS) is 25.5. The number of ether oxygens (including phenoxy) is 2. The summed E-state index contributed by atoms with van der Waals surface area (Å²) in [5.41, 5.74) is 0. The average molecular weight is 245 g/mol. The van der Waals surface area contributed by atoms with Crippen LogP contribution >= 0.6 is 0 Å². The smallest absolute Gasteiger partial charge is 0.326 e. The molecule has 6 nitrogen and oxygen atoms in total. The summed E-state index contributed by atoms with van der Waals surface area (Å²) in [4.78, 5) is 22.6. The van der Waals surface area contributed by atoms with Gasteiger partial charge in [-0.05, 0) is 19.8 Å². The van der Waals surface area contributed by atoms with Gasteiger partial charge >= 0.3 is 5.97 Å². The lowest BCUT2D eigenvalue weighted by molar-refractivity contribution is -0.144. The van der Waals surface area contributed by atoms with E-state index in [1.54, 1.807) is 0 Å². The second kappa shape index (κ2) is 6.56. The molecule has 1 amide bonds. The molecule has 1 rings (SSSR count). The molecule has 1 aliphatic rings. The Morgan fingerprint density at radius 3 is 2.71 bits per heavy atom. The van der Waals surface area contributed by atoms with Gasteiger partial charge in [0.1, 0.15) is 12.1 Å². The summed E-state index contributed by atoms with van der Waals surface area (Å²) >= 11 is 0. The van der Waals surface area contributed by atoms with Crippen molar-refractivity contribution in [1.82, 2.24) is 5.32 Å². The molecular formula is C11H19NO5. The van der Waals surface area contributed by atoms with Gasteiger partial charge in [0, 0.05) is 20.1 Å². The zero-order chi connectivity index (χ0) is 12.8. The Kier molecular flexibility index (Phi) is 5.37. The number of carbonyl (C=O) groups is 2. The van der Waals surface area contributed by atoms with Crippen molar-refractivity contribution in [3.63, 3.8) is 0 Å². The summed E-state index contributed by atoms with van der Waals surface area (Å²) in [6, 6.07) is -0.915.